The van der Waals surface area contributed by atoms with Crippen molar-refractivity contribution in [3.8, 4) is 11.5 Å². The second-order valence-corrected chi connectivity index (χ2v) is 5.59. The van der Waals surface area contributed by atoms with Crippen LogP contribution >= 0.6 is 22.9 Å². The van der Waals surface area contributed by atoms with Gasteiger partial charge in [-0.05, 0) is 23.7 Å². The van der Waals surface area contributed by atoms with Crippen molar-refractivity contribution < 1.29 is 14.3 Å². The number of nitrogens with one attached hydrogen (secondary N) is 1. The Labute approximate surface area is 123 Å². The van der Waals surface area contributed by atoms with Gasteiger partial charge < -0.3 is 14.8 Å². The number of hydrogen-bond acceptors (Lipinski definition) is 6. The predicted molar refractivity (Wildman–Crippen MR) is 74.9 cm³/mol. The summed E-state index contributed by atoms with van der Waals surface area (Å²) in [4.78, 5) is 11.9. The normalized spacial score (nSPS) is 13.7. The van der Waals surface area contributed by atoms with Crippen LogP contribution in [0.5, 0.6) is 11.5 Å². The van der Waals surface area contributed by atoms with Crippen LogP contribution in [0.25, 0.3) is 0 Å². The van der Waals surface area contributed by atoms with E-state index in [4.69, 9.17) is 21.1 Å². The second-order valence-electron chi connectivity index (χ2n) is 4.03. The van der Waals surface area contributed by atoms with Gasteiger partial charge in [0.05, 0.1) is 13.2 Å². The predicted octanol–water partition coefficient (Wildman–Crippen LogP) is 2.61. The number of anilines is 1. The number of carbonyl (C=O) groups excluding carboxylic acids is 1. The first-order valence-corrected chi connectivity index (χ1v) is 7.12. The van der Waals surface area contributed by atoms with Crippen LogP contribution in [0.4, 0.5) is 5.69 Å². The van der Waals surface area contributed by atoms with Gasteiger partial charge in [0.25, 0.3) is 5.91 Å². The molecule has 0 saturated heterocycles. The molecule has 20 heavy (non-hydrogen) atoms. The fourth-order valence-corrected chi connectivity index (χ4v) is 2.45. The Morgan fingerprint density at radius 2 is 2.05 bits per heavy atom. The fourth-order valence-electron chi connectivity index (χ4n) is 1.72. The molecule has 1 aliphatic heterocycles. The van der Waals surface area contributed by atoms with Gasteiger partial charge in [0.15, 0.2) is 11.5 Å². The second kappa shape index (κ2) is 5.64. The fraction of sp³-hybridized carbons (Fsp3) is 0.250. The SMILES string of the molecule is O=C(Nc1ccc2c(c1)OCCCO2)c1nnc(Cl)s1. The van der Waals surface area contributed by atoms with E-state index in [9.17, 15) is 4.79 Å². The molecule has 104 valence electrons. The number of halogens is 1. The maximum atomic E-state index is 11.9. The van der Waals surface area contributed by atoms with Crippen LogP contribution in [0.15, 0.2) is 18.2 Å². The zero-order chi connectivity index (χ0) is 13.9. The summed E-state index contributed by atoms with van der Waals surface area (Å²) in [6.07, 6.45) is 0.833. The molecule has 0 radical (unpaired) electrons. The van der Waals surface area contributed by atoms with Gasteiger partial charge in [0.2, 0.25) is 9.47 Å². The quantitative estimate of drug-likeness (QED) is 0.923. The van der Waals surface area contributed by atoms with Crippen molar-refractivity contribution in [3.05, 3.63) is 27.7 Å². The minimum Gasteiger partial charge on any atom is -0.490 e. The standard InChI is InChI=1S/C12H10ClN3O3S/c13-12-16-15-11(20-12)10(17)14-7-2-3-8-9(6-7)19-5-1-4-18-8/h2-3,6H,1,4-5H2,(H,14,17). The Hall–Kier alpha value is -1.86. The Balaban J connectivity index is 1.77. The Kier molecular flexibility index (Phi) is 3.70. The lowest BCUT2D eigenvalue weighted by Gasteiger charge is -2.09. The third kappa shape index (κ3) is 2.83. The number of nitrogens with zero attached hydrogens (tertiary/aromatic N) is 2. The van der Waals surface area contributed by atoms with E-state index >= 15 is 0 Å². The number of aromatic nitrogens is 2. The Morgan fingerprint density at radius 3 is 2.80 bits per heavy atom. The lowest BCUT2D eigenvalue weighted by Crippen LogP contribution is -2.11. The lowest BCUT2D eigenvalue weighted by atomic mass is 10.2. The molecule has 1 amide bonds. The lowest BCUT2D eigenvalue weighted by molar-refractivity contribution is 0.102. The number of benzene rings is 1. The van der Waals surface area contributed by atoms with Crippen LogP contribution in [0.2, 0.25) is 4.47 Å². The van der Waals surface area contributed by atoms with Gasteiger partial charge in [-0.25, -0.2) is 0 Å². The summed E-state index contributed by atoms with van der Waals surface area (Å²) < 4.78 is 11.3. The molecular formula is C12H10ClN3O3S. The van der Waals surface area contributed by atoms with Crippen LogP contribution in [-0.4, -0.2) is 29.3 Å². The summed E-state index contributed by atoms with van der Waals surface area (Å²) in [5.74, 6) is 0.943. The van der Waals surface area contributed by atoms with Gasteiger partial charge in [-0.2, -0.15) is 0 Å². The molecule has 1 aromatic heterocycles. The molecule has 1 aromatic carbocycles. The molecule has 1 aliphatic rings. The topological polar surface area (TPSA) is 73.3 Å². The van der Waals surface area contributed by atoms with Crippen LogP contribution in [0.3, 0.4) is 0 Å². The van der Waals surface area contributed by atoms with Crippen molar-refractivity contribution in [3.63, 3.8) is 0 Å². The first-order valence-electron chi connectivity index (χ1n) is 5.92. The number of hydrogen-bond donors (Lipinski definition) is 1. The molecule has 0 atom stereocenters. The molecular weight excluding hydrogens is 302 g/mol. The number of amides is 1. The average Bonchev–Trinajstić information content (AvgIpc) is 2.74. The summed E-state index contributed by atoms with van der Waals surface area (Å²) in [6, 6.07) is 5.23. The van der Waals surface area contributed by atoms with E-state index in [1.165, 1.54) is 0 Å². The smallest absolute Gasteiger partial charge is 0.286 e. The van der Waals surface area contributed by atoms with Gasteiger partial charge in [-0.15, -0.1) is 10.2 Å². The van der Waals surface area contributed by atoms with E-state index in [1.807, 2.05) is 0 Å². The number of carbonyl (C=O) groups is 1. The number of ether oxygens (including phenoxy) is 2. The third-order valence-electron chi connectivity index (χ3n) is 2.60. The molecule has 6 nitrogen and oxygen atoms in total. The first kappa shape index (κ1) is 13.1. The van der Waals surface area contributed by atoms with E-state index in [-0.39, 0.29) is 15.4 Å². The molecule has 0 fully saturated rings. The van der Waals surface area contributed by atoms with Gasteiger partial charge >= 0.3 is 0 Å². The van der Waals surface area contributed by atoms with E-state index < -0.39 is 0 Å². The van der Waals surface area contributed by atoms with Crippen molar-refractivity contribution in [1.29, 1.82) is 0 Å². The van der Waals surface area contributed by atoms with Crippen LogP contribution in [-0.2, 0) is 0 Å². The number of rotatable bonds is 2. The average molecular weight is 312 g/mol. The molecule has 1 N–H and O–H groups in total. The van der Waals surface area contributed by atoms with Gasteiger partial charge in [0.1, 0.15) is 0 Å². The summed E-state index contributed by atoms with van der Waals surface area (Å²) in [7, 11) is 0. The highest BCUT2D eigenvalue weighted by molar-refractivity contribution is 7.17. The minimum absolute atomic E-state index is 0.210. The maximum Gasteiger partial charge on any atom is 0.286 e. The van der Waals surface area contributed by atoms with Crippen molar-refractivity contribution in [2.75, 3.05) is 18.5 Å². The minimum atomic E-state index is -0.358. The summed E-state index contributed by atoms with van der Waals surface area (Å²) in [6.45, 7) is 1.22. The van der Waals surface area contributed by atoms with Crippen LogP contribution in [0.1, 0.15) is 16.2 Å². The maximum absolute atomic E-state index is 11.9. The molecule has 0 spiro atoms. The van der Waals surface area contributed by atoms with E-state index in [2.05, 4.69) is 15.5 Å². The highest BCUT2D eigenvalue weighted by Gasteiger charge is 2.15. The van der Waals surface area contributed by atoms with E-state index in [0.717, 1.165) is 17.8 Å². The Bertz CT molecular complexity index is 647. The molecule has 3 rings (SSSR count). The van der Waals surface area contributed by atoms with Crippen LogP contribution in [0, 0.1) is 0 Å². The highest BCUT2D eigenvalue weighted by atomic mass is 35.5. The van der Waals surface area contributed by atoms with Gasteiger partial charge in [0, 0.05) is 18.2 Å². The third-order valence-corrected chi connectivity index (χ3v) is 3.62. The highest BCUT2D eigenvalue weighted by Crippen LogP contribution is 2.32. The number of fused-ring (bicyclic) bond motifs is 1. The molecule has 0 aliphatic carbocycles. The van der Waals surface area contributed by atoms with Gasteiger partial charge in [-0.1, -0.05) is 11.3 Å². The zero-order valence-corrected chi connectivity index (χ0v) is 11.8. The molecule has 8 heteroatoms. The summed E-state index contributed by atoms with van der Waals surface area (Å²) >= 11 is 6.67. The monoisotopic (exact) mass is 311 g/mol. The molecule has 2 aromatic rings. The van der Waals surface area contributed by atoms with E-state index in [1.54, 1.807) is 18.2 Å². The molecule has 0 unspecified atom stereocenters. The zero-order valence-electron chi connectivity index (χ0n) is 10.3. The summed E-state index contributed by atoms with van der Waals surface area (Å²) in [5, 5.41) is 10.2. The van der Waals surface area contributed by atoms with Crippen molar-refractivity contribution in [2.45, 2.75) is 6.42 Å². The molecule has 0 bridgehead atoms. The van der Waals surface area contributed by atoms with E-state index in [0.29, 0.717) is 30.4 Å². The molecule has 2 heterocycles. The summed E-state index contributed by atoms with van der Waals surface area (Å²) in [5.41, 5.74) is 0.602. The van der Waals surface area contributed by atoms with Gasteiger partial charge in [-0.3, -0.25) is 4.79 Å². The van der Waals surface area contributed by atoms with Crippen molar-refractivity contribution >= 4 is 34.5 Å². The molecule has 0 saturated carbocycles. The first-order chi connectivity index (χ1) is 9.72. The van der Waals surface area contributed by atoms with Crippen molar-refractivity contribution in [2.24, 2.45) is 0 Å². The van der Waals surface area contributed by atoms with Crippen LogP contribution < -0.4 is 14.8 Å². The Morgan fingerprint density at radius 1 is 1.25 bits per heavy atom. The largest absolute Gasteiger partial charge is 0.490 e. The van der Waals surface area contributed by atoms with Crippen molar-refractivity contribution in [1.82, 2.24) is 10.2 Å².